The molecule has 1 nitrogen and oxygen atoms in total. The average molecular weight is 284 g/mol. The molecule has 1 aromatic carbocycles. The molecule has 2 N–H and O–H groups in total. The van der Waals surface area contributed by atoms with Gasteiger partial charge in [-0.15, -0.1) is 0 Å². The highest BCUT2D eigenvalue weighted by Crippen LogP contribution is 2.46. The number of rotatable bonds is 3. The molecular formula is C16H23ClFN. The molecule has 0 saturated heterocycles. The van der Waals surface area contributed by atoms with Crippen LogP contribution >= 0.6 is 11.6 Å². The van der Waals surface area contributed by atoms with Crippen LogP contribution in [0.3, 0.4) is 0 Å². The van der Waals surface area contributed by atoms with E-state index in [4.69, 9.17) is 17.3 Å². The second kappa shape index (κ2) is 5.41. The quantitative estimate of drug-likeness (QED) is 0.864. The van der Waals surface area contributed by atoms with E-state index in [0.717, 1.165) is 24.8 Å². The van der Waals surface area contributed by atoms with Crippen molar-refractivity contribution in [2.24, 2.45) is 16.6 Å². The highest BCUT2D eigenvalue weighted by molar-refractivity contribution is 6.31. The van der Waals surface area contributed by atoms with Crippen LogP contribution in [0.15, 0.2) is 18.2 Å². The van der Waals surface area contributed by atoms with Crippen LogP contribution in [-0.4, -0.2) is 6.54 Å². The van der Waals surface area contributed by atoms with Gasteiger partial charge in [-0.05, 0) is 61.1 Å². The zero-order valence-electron chi connectivity index (χ0n) is 11.8. The van der Waals surface area contributed by atoms with E-state index in [1.165, 1.54) is 18.9 Å². The van der Waals surface area contributed by atoms with E-state index >= 15 is 0 Å². The first-order chi connectivity index (χ1) is 8.87. The number of halogens is 2. The summed E-state index contributed by atoms with van der Waals surface area (Å²) < 4.78 is 13.5. The predicted molar refractivity (Wildman–Crippen MR) is 78.9 cm³/mol. The second-order valence-corrected chi connectivity index (χ2v) is 7.14. The van der Waals surface area contributed by atoms with Crippen LogP contribution in [0.1, 0.15) is 45.1 Å². The molecule has 0 heterocycles. The van der Waals surface area contributed by atoms with Crippen molar-refractivity contribution < 1.29 is 4.39 Å². The minimum Gasteiger partial charge on any atom is -0.330 e. The summed E-state index contributed by atoms with van der Waals surface area (Å²) in [6.07, 6.45) is 5.34. The molecule has 0 bridgehead atoms. The van der Waals surface area contributed by atoms with E-state index in [1.807, 2.05) is 6.07 Å². The zero-order valence-corrected chi connectivity index (χ0v) is 12.6. The first-order valence-corrected chi connectivity index (χ1v) is 7.38. The summed E-state index contributed by atoms with van der Waals surface area (Å²) in [5.74, 6) is -0.331. The summed E-state index contributed by atoms with van der Waals surface area (Å²) in [6.45, 7) is 5.27. The van der Waals surface area contributed by atoms with Crippen LogP contribution in [0.4, 0.5) is 4.39 Å². The van der Waals surface area contributed by atoms with E-state index in [-0.39, 0.29) is 16.3 Å². The highest BCUT2D eigenvalue weighted by atomic mass is 35.5. The zero-order chi connectivity index (χ0) is 14.1. The Morgan fingerprint density at radius 3 is 2.42 bits per heavy atom. The lowest BCUT2D eigenvalue weighted by atomic mass is 9.63. The number of hydrogen-bond acceptors (Lipinski definition) is 1. The third kappa shape index (κ3) is 3.29. The van der Waals surface area contributed by atoms with E-state index in [2.05, 4.69) is 13.8 Å². The van der Waals surface area contributed by atoms with Gasteiger partial charge in [-0.2, -0.15) is 0 Å². The van der Waals surface area contributed by atoms with E-state index in [0.29, 0.717) is 12.0 Å². The van der Waals surface area contributed by atoms with Crippen molar-refractivity contribution in [1.82, 2.24) is 0 Å². The Hall–Kier alpha value is -0.600. The van der Waals surface area contributed by atoms with Crippen molar-refractivity contribution in [2.75, 3.05) is 6.54 Å². The molecule has 106 valence electrons. The van der Waals surface area contributed by atoms with E-state index in [1.54, 1.807) is 6.07 Å². The van der Waals surface area contributed by atoms with Crippen molar-refractivity contribution in [1.29, 1.82) is 0 Å². The molecule has 3 heteroatoms. The van der Waals surface area contributed by atoms with Crippen molar-refractivity contribution >= 4 is 11.6 Å². The Morgan fingerprint density at radius 2 is 1.84 bits per heavy atom. The highest BCUT2D eigenvalue weighted by Gasteiger charge is 2.37. The Kier molecular flexibility index (Phi) is 4.22. The van der Waals surface area contributed by atoms with Crippen LogP contribution in [0.2, 0.25) is 5.02 Å². The fraction of sp³-hybridized carbons (Fsp3) is 0.625. The minimum absolute atomic E-state index is 0.0902. The van der Waals surface area contributed by atoms with Gasteiger partial charge in [-0.1, -0.05) is 37.6 Å². The van der Waals surface area contributed by atoms with Crippen molar-refractivity contribution in [2.45, 2.75) is 46.0 Å². The molecular weight excluding hydrogens is 261 g/mol. The molecule has 1 fully saturated rings. The molecule has 0 atom stereocenters. The topological polar surface area (TPSA) is 26.0 Å². The Morgan fingerprint density at radius 1 is 1.21 bits per heavy atom. The van der Waals surface area contributed by atoms with Gasteiger partial charge in [0.25, 0.3) is 0 Å². The van der Waals surface area contributed by atoms with Crippen LogP contribution in [0.5, 0.6) is 0 Å². The maximum Gasteiger partial charge on any atom is 0.142 e. The number of hydrogen-bond donors (Lipinski definition) is 1. The van der Waals surface area contributed by atoms with Gasteiger partial charge >= 0.3 is 0 Å². The first-order valence-electron chi connectivity index (χ1n) is 7.01. The number of nitrogens with two attached hydrogens (primary N) is 1. The molecule has 19 heavy (non-hydrogen) atoms. The van der Waals surface area contributed by atoms with Crippen LogP contribution in [-0.2, 0) is 6.42 Å². The molecule has 0 amide bonds. The molecule has 1 aliphatic rings. The maximum atomic E-state index is 13.5. The third-order valence-corrected chi connectivity index (χ3v) is 5.12. The fourth-order valence-electron chi connectivity index (χ4n) is 3.00. The Labute approximate surface area is 120 Å². The third-order valence-electron chi connectivity index (χ3n) is 4.69. The molecule has 1 aliphatic carbocycles. The van der Waals surface area contributed by atoms with Gasteiger partial charge in [0.15, 0.2) is 0 Å². The second-order valence-electron chi connectivity index (χ2n) is 6.76. The van der Waals surface area contributed by atoms with Gasteiger partial charge < -0.3 is 5.73 Å². The van der Waals surface area contributed by atoms with Crippen LogP contribution in [0, 0.1) is 16.6 Å². The maximum absolute atomic E-state index is 13.5. The summed E-state index contributed by atoms with van der Waals surface area (Å²) in [4.78, 5) is 0. The monoisotopic (exact) mass is 283 g/mol. The van der Waals surface area contributed by atoms with Gasteiger partial charge in [0.05, 0.1) is 5.02 Å². The SMILES string of the molecule is CC1(C)CCC(CN)(Cc2cccc(F)c2Cl)CC1. The van der Waals surface area contributed by atoms with Gasteiger partial charge in [0, 0.05) is 0 Å². The number of benzene rings is 1. The van der Waals surface area contributed by atoms with Gasteiger partial charge in [0.2, 0.25) is 0 Å². The fourth-order valence-corrected chi connectivity index (χ4v) is 3.19. The van der Waals surface area contributed by atoms with Crippen molar-refractivity contribution in [3.8, 4) is 0 Å². The molecule has 0 unspecified atom stereocenters. The van der Waals surface area contributed by atoms with Gasteiger partial charge in [-0.25, -0.2) is 4.39 Å². The molecule has 0 spiro atoms. The van der Waals surface area contributed by atoms with Crippen LogP contribution < -0.4 is 5.73 Å². The molecule has 2 rings (SSSR count). The standard InChI is InChI=1S/C16H23ClFN/c1-15(2)6-8-16(11-19,9-7-15)10-12-4-3-5-13(18)14(12)17/h3-5H,6-11,19H2,1-2H3. The molecule has 1 aromatic rings. The molecule has 0 radical (unpaired) electrons. The van der Waals surface area contributed by atoms with Crippen molar-refractivity contribution in [3.05, 3.63) is 34.6 Å². The predicted octanol–water partition coefficient (Wildman–Crippen LogP) is 4.57. The lowest BCUT2D eigenvalue weighted by Gasteiger charge is -2.43. The lowest BCUT2D eigenvalue weighted by molar-refractivity contribution is 0.108. The lowest BCUT2D eigenvalue weighted by Crippen LogP contribution is -2.39. The summed E-state index contributed by atoms with van der Waals surface area (Å²) in [5.41, 5.74) is 7.42. The summed E-state index contributed by atoms with van der Waals surface area (Å²) in [7, 11) is 0. The van der Waals surface area contributed by atoms with E-state index < -0.39 is 0 Å². The average Bonchev–Trinajstić information content (AvgIpc) is 2.38. The van der Waals surface area contributed by atoms with Crippen molar-refractivity contribution in [3.63, 3.8) is 0 Å². The Bertz CT molecular complexity index is 446. The normalized spacial score (nSPS) is 21.3. The van der Waals surface area contributed by atoms with Gasteiger partial charge in [-0.3, -0.25) is 0 Å². The molecule has 1 saturated carbocycles. The minimum atomic E-state index is -0.331. The largest absolute Gasteiger partial charge is 0.330 e. The summed E-state index contributed by atoms with van der Waals surface area (Å²) in [5, 5.41) is 0.264. The van der Waals surface area contributed by atoms with Gasteiger partial charge in [0.1, 0.15) is 5.82 Å². The smallest absolute Gasteiger partial charge is 0.142 e. The summed E-state index contributed by atoms with van der Waals surface area (Å²) >= 11 is 6.07. The molecule has 0 aliphatic heterocycles. The van der Waals surface area contributed by atoms with E-state index in [9.17, 15) is 4.39 Å². The Balaban J connectivity index is 2.18. The molecule has 0 aromatic heterocycles. The van der Waals surface area contributed by atoms with Crippen LogP contribution in [0.25, 0.3) is 0 Å². The first kappa shape index (κ1) is 14.8. The summed E-state index contributed by atoms with van der Waals surface area (Å²) in [6, 6.07) is 5.06.